The maximum absolute atomic E-state index is 13.0. The molecule has 32 heavy (non-hydrogen) atoms. The first kappa shape index (κ1) is 22.8. The summed E-state index contributed by atoms with van der Waals surface area (Å²) in [6.07, 6.45) is -3.08. The van der Waals surface area contributed by atoms with Crippen LogP contribution in [-0.4, -0.2) is 30.5 Å². The quantitative estimate of drug-likeness (QED) is 0.492. The highest BCUT2D eigenvalue weighted by molar-refractivity contribution is 6.08. The molecule has 0 atom stereocenters. The third-order valence-electron chi connectivity index (χ3n) is 4.18. The number of benzene rings is 2. The van der Waals surface area contributed by atoms with Crippen LogP contribution in [0.4, 0.5) is 36.1 Å². The number of carbonyl (C=O) groups excluding carboxylic acids is 2. The predicted molar refractivity (Wildman–Crippen MR) is 114 cm³/mol. The molecule has 2 amide bonds. The van der Waals surface area contributed by atoms with Gasteiger partial charge in [-0.15, -0.1) is 0 Å². The second kappa shape index (κ2) is 9.92. The Morgan fingerprint density at radius 2 is 1.62 bits per heavy atom. The van der Waals surface area contributed by atoms with Gasteiger partial charge in [0.2, 0.25) is 5.91 Å². The molecule has 7 nitrogen and oxygen atoms in total. The van der Waals surface area contributed by atoms with Crippen LogP contribution in [0.1, 0.15) is 15.9 Å². The first-order valence-corrected chi connectivity index (χ1v) is 9.36. The monoisotopic (exact) mass is 444 g/mol. The minimum atomic E-state index is -4.49. The Kier molecular flexibility index (Phi) is 7.06. The number of nitrogens with one attached hydrogen (secondary N) is 3. The van der Waals surface area contributed by atoms with Gasteiger partial charge in [-0.05, 0) is 48.5 Å². The number of halogens is 3. The minimum Gasteiger partial charge on any atom is -0.375 e. The molecule has 2 aromatic carbocycles. The van der Waals surface area contributed by atoms with E-state index in [0.29, 0.717) is 11.4 Å². The molecule has 3 rings (SSSR count). The molecule has 0 saturated carbocycles. The molecule has 0 aliphatic heterocycles. The summed E-state index contributed by atoms with van der Waals surface area (Å²) >= 11 is 0. The molecule has 0 spiro atoms. The first-order valence-electron chi connectivity index (χ1n) is 9.36. The average molecular weight is 444 g/mol. The molecule has 0 saturated heterocycles. The standard InChI is InChI=1S/C22H19F3N4O3/c1-32-13-19(30)27-16-7-3-8-17(12-16)29-21(31)18-9-4-10-26-20(18)28-15-6-2-5-14(11-15)22(23,24)25/h2-12H,13H2,1H3,(H,26,28)(H,27,30)(H,29,31). The van der Waals surface area contributed by atoms with Gasteiger partial charge in [-0.2, -0.15) is 13.2 Å². The van der Waals surface area contributed by atoms with Crippen LogP contribution in [0.3, 0.4) is 0 Å². The van der Waals surface area contributed by atoms with E-state index in [9.17, 15) is 22.8 Å². The van der Waals surface area contributed by atoms with E-state index in [-0.39, 0.29) is 29.6 Å². The number of aromatic nitrogens is 1. The Morgan fingerprint density at radius 3 is 2.34 bits per heavy atom. The smallest absolute Gasteiger partial charge is 0.375 e. The third kappa shape index (κ3) is 6.05. The summed E-state index contributed by atoms with van der Waals surface area (Å²) in [6, 6.07) is 14.1. The van der Waals surface area contributed by atoms with Crippen LogP contribution in [0, 0.1) is 0 Å². The van der Waals surface area contributed by atoms with E-state index in [1.165, 1.54) is 37.6 Å². The number of pyridine rings is 1. The van der Waals surface area contributed by atoms with Crippen LogP contribution in [0.5, 0.6) is 0 Å². The summed E-state index contributed by atoms with van der Waals surface area (Å²) in [5, 5.41) is 8.07. The molecule has 10 heteroatoms. The molecule has 0 fully saturated rings. The topological polar surface area (TPSA) is 92.4 Å². The van der Waals surface area contributed by atoms with Crippen molar-refractivity contribution in [1.29, 1.82) is 0 Å². The number of nitrogens with zero attached hydrogens (tertiary/aromatic N) is 1. The van der Waals surface area contributed by atoms with Gasteiger partial charge in [0.05, 0.1) is 11.1 Å². The molecule has 1 aromatic heterocycles. The Morgan fingerprint density at radius 1 is 0.938 bits per heavy atom. The number of rotatable bonds is 7. The lowest BCUT2D eigenvalue weighted by atomic mass is 10.1. The fourth-order valence-electron chi connectivity index (χ4n) is 2.80. The van der Waals surface area contributed by atoms with E-state index in [0.717, 1.165) is 12.1 Å². The highest BCUT2D eigenvalue weighted by Gasteiger charge is 2.30. The van der Waals surface area contributed by atoms with E-state index in [4.69, 9.17) is 4.74 Å². The van der Waals surface area contributed by atoms with Crippen molar-refractivity contribution < 1.29 is 27.5 Å². The van der Waals surface area contributed by atoms with Crippen molar-refractivity contribution in [3.8, 4) is 0 Å². The molecular weight excluding hydrogens is 425 g/mol. The maximum atomic E-state index is 13.0. The Hall–Kier alpha value is -3.92. The highest BCUT2D eigenvalue weighted by Crippen LogP contribution is 2.31. The van der Waals surface area contributed by atoms with Crippen molar-refractivity contribution in [3.05, 3.63) is 78.0 Å². The second-order valence-electron chi connectivity index (χ2n) is 6.62. The Bertz CT molecular complexity index is 1120. The maximum Gasteiger partial charge on any atom is 0.416 e. The van der Waals surface area contributed by atoms with Gasteiger partial charge in [0.15, 0.2) is 0 Å². The zero-order chi connectivity index (χ0) is 23.1. The van der Waals surface area contributed by atoms with Gasteiger partial charge in [-0.3, -0.25) is 9.59 Å². The van der Waals surface area contributed by atoms with Gasteiger partial charge < -0.3 is 20.7 Å². The van der Waals surface area contributed by atoms with Crippen LogP contribution in [0.25, 0.3) is 0 Å². The van der Waals surface area contributed by atoms with Crippen molar-refractivity contribution in [1.82, 2.24) is 4.98 Å². The molecule has 0 aliphatic rings. The van der Waals surface area contributed by atoms with E-state index in [1.54, 1.807) is 24.3 Å². The summed E-state index contributed by atoms with van der Waals surface area (Å²) in [7, 11) is 1.40. The van der Waals surface area contributed by atoms with Gasteiger partial charge >= 0.3 is 6.18 Å². The third-order valence-corrected chi connectivity index (χ3v) is 4.18. The SMILES string of the molecule is COCC(=O)Nc1cccc(NC(=O)c2cccnc2Nc2cccc(C(F)(F)F)c2)c1. The molecule has 0 bridgehead atoms. The van der Waals surface area contributed by atoms with Gasteiger partial charge in [0.25, 0.3) is 5.91 Å². The molecular formula is C22H19F3N4O3. The summed E-state index contributed by atoms with van der Waals surface area (Å²) in [6.45, 7) is -0.114. The van der Waals surface area contributed by atoms with Crippen molar-refractivity contribution in [3.63, 3.8) is 0 Å². The van der Waals surface area contributed by atoms with Crippen molar-refractivity contribution >= 4 is 34.7 Å². The van der Waals surface area contributed by atoms with E-state index >= 15 is 0 Å². The van der Waals surface area contributed by atoms with Crippen LogP contribution in [0.2, 0.25) is 0 Å². The van der Waals surface area contributed by atoms with Crippen molar-refractivity contribution in [2.24, 2.45) is 0 Å². The van der Waals surface area contributed by atoms with Crippen LogP contribution >= 0.6 is 0 Å². The number of alkyl halides is 3. The summed E-state index contributed by atoms with van der Waals surface area (Å²) in [5.74, 6) is -0.794. The van der Waals surface area contributed by atoms with Gasteiger partial charge in [0.1, 0.15) is 12.4 Å². The Labute approximate surface area is 181 Å². The molecule has 166 valence electrons. The second-order valence-corrected chi connectivity index (χ2v) is 6.62. The predicted octanol–water partition coefficient (Wildman–Crippen LogP) is 4.68. The fourth-order valence-corrected chi connectivity index (χ4v) is 2.80. The van der Waals surface area contributed by atoms with Crippen molar-refractivity contribution in [2.75, 3.05) is 29.7 Å². The largest absolute Gasteiger partial charge is 0.416 e. The first-order chi connectivity index (χ1) is 15.3. The number of amides is 2. The van der Waals surface area contributed by atoms with Gasteiger partial charge in [-0.1, -0.05) is 12.1 Å². The zero-order valence-corrected chi connectivity index (χ0v) is 16.9. The molecule has 1 heterocycles. The fraction of sp³-hybridized carbons (Fsp3) is 0.136. The number of hydrogen-bond acceptors (Lipinski definition) is 5. The van der Waals surface area contributed by atoms with Crippen LogP contribution in [0.15, 0.2) is 66.9 Å². The van der Waals surface area contributed by atoms with E-state index < -0.39 is 17.6 Å². The summed E-state index contributed by atoms with van der Waals surface area (Å²) in [4.78, 5) is 28.6. The van der Waals surface area contributed by atoms with Crippen LogP contribution in [-0.2, 0) is 15.7 Å². The summed E-state index contributed by atoms with van der Waals surface area (Å²) < 4.78 is 43.7. The number of hydrogen-bond donors (Lipinski definition) is 3. The van der Waals surface area contributed by atoms with Crippen molar-refractivity contribution in [2.45, 2.75) is 6.18 Å². The zero-order valence-electron chi connectivity index (χ0n) is 16.9. The lowest BCUT2D eigenvalue weighted by Gasteiger charge is -2.13. The van der Waals surface area contributed by atoms with Gasteiger partial charge in [0, 0.05) is 30.4 Å². The molecule has 3 N–H and O–H groups in total. The highest BCUT2D eigenvalue weighted by atomic mass is 19.4. The minimum absolute atomic E-state index is 0.0916. The number of anilines is 4. The Balaban J connectivity index is 1.77. The lowest BCUT2D eigenvalue weighted by Crippen LogP contribution is -2.18. The van der Waals surface area contributed by atoms with E-state index in [2.05, 4.69) is 20.9 Å². The summed E-state index contributed by atoms with van der Waals surface area (Å²) in [5.41, 5.74) is 0.295. The molecule has 0 radical (unpaired) electrons. The lowest BCUT2D eigenvalue weighted by molar-refractivity contribution is -0.137. The molecule has 0 unspecified atom stereocenters. The van der Waals surface area contributed by atoms with Gasteiger partial charge in [-0.25, -0.2) is 4.98 Å². The average Bonchev–Trinajstić information content (AvgIpc) is 2.74. The number of carbonyl (C=O) groups is 2. The number of ether oxygens (including phenoxy) is 1. The normalized spacial score (nSPS) is 11.0. The molecule has 3 aromatic rings. The molecule has 0 aliphatic carbocycles. The van der Waals surface area contributed by atoms with E-state index in [1.807, 2.05) is 0 Å². The van der Waals surface area contributed by atoms with Crippen LogP contribution < -0.4 is 16.0 Å². The number of methoxy groups -OCH3 is 1.